The number of hydrogen-bond acceptors (Lipinski definition) is 2. The number of amides is 2. The highest BCUT2D eigenvalue weighted by Gasteiger charge is 2.55. The molecule has 1 N–H and O–H groups in total. The van der Waals surface area contributed by atoms with E-state index in [-0.39, 0.29) is 35.4 Å². The highest BCUT2D eigenvalue weighted by molar-refractivity contribution is 5.97. The molecule has 1 aliphatic carbocycles. The molecule has 1 saturated carbocycles. The molecule has 0 bridgehead atoms. The van der Waals surface area contributed by atoms with Crippen molar-refractivity contribution in [2.24, 2.45) is 11.3 Å². The second-order valence-electron chi connectivity index (χ2n) is 6.82. The average molecular weight is 252 g/mol. The zero-order chi connectivity index (χ0) is 13.7. The molecular formula is C14H24N2O2. The quantitative estimate of drug-likeness (QED) is 0.828. The van der Waals surface area contributed by atoms with Gasteiger partial charge >= 0.3 is 0 Å². The summed E-state index contributed by atoms with van der Waals surface area (Å²) in [5.41, 5.74) is 0.171. The SMILES string of the molecule is CC(C)CC1NC(=O)C(C)N(C2CC2(C)C)C1=O. The molecule has 0 spiro atoms. The third kappa shape index (κ3) is 2.25. The van der Waals surface area contributed by atoms with Crippen molar-refractivity contribution >= 4 is 11.8 Å². The molecule has 0 aromatic rings. The van der Waals surface area contributed by atoms with Crippen LogP contribution in [0.3, 0.4) is 0 Å². The average Bonchev–Trinajstić information content (AvgIpc) is 2.83. The van der Waals surface area contributed by atoms with Crippen LogP contribution in [0.4, 0.5) is 0 Å². The monoisotopic (exact) mass is 252 g/mol. The van der Waals surface area contributed by atoms with Gasteiger partial charge in [-0.15, -0.1) is 0 Å². The van der Waals surface area contributed by atoms with Crippen LogP contribution in [0, 0.1) is 11.3 Å². The van der Waals surface area contributed by atoms with Crippen molar-refractivity contribution in [2.45, 2.75) is 65.6 Å². The summed E-state index contributed by atoms with van der Waals surface area (Å²) in [6, 6.07) is -0.418. The van der Waals surface area contributed by atoms with Crippen molar-refractivity contribution in [3.05, 3.63) is 0 Å². The van der Waals surface area contributed by atoms with Crippen LogP contribution in [0.25, 0.3) is 0 Å². The number of nitrogens with zero attached hydrogens (tertiary/aromatic N) is 1. The molecule has 2 rings (SSSR count). The van der Waals surface area contributed by atoms with Gasteiger partial charge in [0.1, 0.15) is 12.1 Å². The first kappa shape index (κ1) is 13.4. The van der Waals surface area contributed by atoms with Crippen molar-refractivity contribution in [3.8, 4) is 0 Å². The molecule has 0 aromatic heterocycles. The number of hydrogen-bond donors (Lipinski definition) is 1. The Kier molecular flexibility index (Phi) is 3.16. The van der Waals surface area contributed by atoms with Crippen LogP contribution in [0.1, 0.15) is 47.5 Å². The minimum Gasteiger partial charge on any atom is -0.343 e. The molecule has 3 atom stereocenters. The fraction of sp³-hybridized carbons (Fsp3) is 0.857. The summed E-state index contributed by atoms with van der Waals surface area (Å²) in [5, 5.41) is 2.86. The second kappa shape index (κ2) is 4.25. The Morgan fingerprint density at radius 3 is 2.39 bits per heavy atom. The van der Waals surface area contributed by atoms with Gasteiger partial charge in [0.15, 0.2) is 0 Å². The number of nitrogens with one attached hydrogen (secondary N) is 1. The summed E-state index contributed by atoms with van der Waals surface area (Å²) in [4.78, 5) is 26.3. The second-order valence-corrected chi connectivity index (χ2v) is 6.82. The van der Waals surface area contributed by atoms with Crippen molar-refractivity contribution in [1.82, 2.24) is 10.2 Å². The number of carbonyl (C=O) groups is 2. The van der Waals surface area contributed by atoms with Gasteiger partial charge in [0, 0.05) is 6.04 Å². The molecule has 2 fully saturated rings. The van der Waals surface area contributed by atoms with Crippen LogP contribution < -0.4 is 5.32 Å². The fourth-order valence-corrected chi connectivity index (χ4v) is 2.82. The molecule has 1 aliphatic heterocycles. The number of carbonyl (C=O) groups excluding carboxylic acids is 2. The Hall–Kier alpha value is -1.06. The van der Waals surface area contributed by atoms with Gasteiger partial charge in [0.05, 0.1) is 0 Å². The summed E-state index contributed by atoms with van der Waals surface area (Å²) in [6.07, 6.45) is 1.73. The maximum Gasteiger partial charge on any atom is 0.246 e. The molecule has 1 heterocycles. The van der Waals surface area contributed by atoms with E-state index >= 15 is 0 Å². The van der Waals surface area contributed by atoms with Crippen LogP contribution >= 0.6 is 0 Å². The van der Waals surface area contributed by atoms with Gasteiger partial charge in [-0.1, -0.05) is 27.7 Å². The van der Waals surface area contributed by atoms with Gasteiger partial charge in [-0.2, -0.15) is 0 Å². The fourth-order valence-electron chi connectivity index (χ4n) is 2.82. The van der Waals surface area contributed by atoms with E-state index in [1.807, 2.05) is 11.8 Å². The topological polar surface area (TPSA) is 49.4 Å². The van der Waals surface area contributed by atoms with E-state index in [2.05, 4.69) is 33.0 Å². The van der Waals surface area contributed by atoms with Crippen LogP contribution in [-0.4, -0.2) is 34.8 Å². The van der Waals surface area contributed by atoms with Crippen molar-refractivity contribution in [2.75, 3.05) is 0 Å². The smallest absolute Gasteiger partial charge is 0.246 e. The molecule has 2 amide bonds. The highest BCUT2D eigenvalue weighted by atomic mass is 16.2. The molecule has 1 saturated heterocycles. The lowest BCUT2D eigenvalue weighted by Crippen LogP contribution is -2.63. The Bertz CT molecular complexity index is 376. The summed E-state index contributed by atoms with van der Waals surface area (Å²) in [5.74, 6) is 0.496. The predicted molar refractivity (Wildman–Crippen MR) is 69.9 cm³/mol. The lowest BCUT2D eigenvalue weighted by molar-refractivity contribution is -0.150. The van der Waals surface area contributed by atoms with Gasteiger partial charge < -0.3 is 10.2 Å². The van der Waals surface area contributed by atoms with E-state index in [4.69, 9.17) is 0 Å². The van der Waals surface area contributed by atoms with Gasteiger partial charge in [-0.05, 0) is 31.1 Å². The summed E-state index contributed by atoms with van der Waals surface area (Å²) >= 11 is 0. The highest BCUT2D eigenvalue weighted by Crippen LogP contribution is 2.49. The van der Waals surface area contributed by atoms with Crippen molar-refractivity contribution < 1.29 is 9.59 Å². The molecule has 4 heteroatoms. The Balaban J connectivity index is 2.16. The molecule has 18 heavy (non-hydrogen) atoms. The van der Waals surface area contributed by atoms with Crippen LogP contribution in [0.15, 0.2) is 0 Å². The van der Waals surface area contributed by atoms with Gasteiger partial charge in [0.2, 0.25) is 11.8 Å². The van der Waals surface area contributed by atoms with Gasteiger partial charge in [-0.3, -0.25) is 9.59 Å². The predicted octanol–water partition coefficient (Wildman–Crippen LogP) is 1.55. The van der Waals surface area contributed by atoms with E-state index in [0.29, 0.717) is 5.92 Å². The molecule has 0 aromatic carbocycles. The largest absolute Gasteiger partial charge is 0.343 e. The zero-order valence-electron chi connectivity index (χ0n) is 12.0. The summed E-state index contributed by atoms with van der Waals surface area (Å²) < 4.78 is 0. The van der Waals surface area contributed by atoms with E-state index in [9.17, 15) is 9.59 Å². The molecule has 102 valence electrons. The lowest BCUT2D eigenvalue weighted by Gasteiger charge is -2.39. The summed E-state index contributed by atoms with van der Waals surface area (Å²) in [6.45, 7) is 10.3. The maximum absolute atomic E-state index is 12.5. The zero-order valence-corrected chi connectivity index (χ0v) is 12.0. The van der Waals surface area contributed by atoms with E-state index < -0.39 is 0 Å². The molecule has 3 unspecified atom stereocenters. The third-order valence-corrected chi connectivity index (χ3v) is 4.17. The first-order valence-corrected chi connectivity index (χ1v) is 6.86. The Morgan fingerprint density at radius 2 is 1.94 bits per heavy atom. The van der Waals surface area contributed by atoms with Crippen LogP contribution in [0.2, 0.25) is 0 Å². The molecular weight excluding hydrogens is 228 g/mol. The lowest BCUT2D eigenvalue weighted by atomic mass is 9.98. The van der Waals surface area contributed by atoms with E-state index in [1.54, 1.807) is 0 Å². The molecule has 4 nitrogen and oxygen atoms in total. The standard InChI is InChI=1S/C14H24N2O2/c1-8(2)6-10-13(18)16(9(3)12(17)15-10)11-7-14(11,4)5/h8-11H,6-7H2,1-5H3,(H,15,17). The first-order chi connectivity index (χ1) is 8.24. The Labute approximate surface area is 109 Å². The number of piperazine rings is 1. The minimum atomic E-state index is -0.329. The van der Waals surface area contributed by atoms with E-state index in [0.717, 1.165) is 12.8 Å². The first-order valence-electron chi connectivity index (χ1n) is 6.86. The van der Waals surface area contributed by atoms with Crippen molar-refractivity contribution in [1.29, 1.82) is 0 Å². The number of rotatable bonds is 3. The van der Waals surface area contributed by atoms with Gasteiger partial charge in [-0.25, -0.2) is 0 Å². The van der Waals surface area contributed by atoms with E-state index in [1.165, 1.54) is 0 Å². The molecule has 2 aliphatic rings. The Morgan fingerprint density at radius 1 is 1.39 bits per heavy atom. The maximum atomic E-state index is 12.5. The van der Waals surface area contributed by atoms with Crippen LogP contribution in [0.5, 0.6) is 0 Å². The minimum absolute atomic E-state index is 0.0112. The van der Waals surface area contributed by atoms with Crippen LogP contribution in [-0.2, 0) is 9.59 Å². The van der Waals surface area contributed by atoms with Crippen molar-refractivity contribution in [3.63, 3.8) is 0 Å². The molecule has 0 radical (unpaired) electrons. The van der Waals surface area contributed by atoms with Gasteiger partial charge in [0.25, 0.3) is 0 Å². The normalized spacial score (nSPS) is 34.8. The summed E-state index contributed by atoms with van der Waals surface area (Å²) in [7, 11) is 0. The third-order valence-electron chi connectivity index (χ3n) is 4.17.